The minimum atomic E-state index is 0.519. The zero-order valence-electron chi connectivity index (χ0n) is 9.95. The van der Waals surface area contributed by atoms with Gasteiger partial charge in [0.25, 0.3) is 0 Å². The molecule has 0 unspecified atom stereocenters. The predicted octanol–water partition coefficient (Wildman–Crippen LogP) is 1.22. The highest BCUT2D eigenvalue weighted by Crippen LogP contribution is 2.30. The number of nitrogen functional groups attached to an aromatic ring is 1. The maximum absolute atomic E-state index is 6.20. The molecule has 0 spiro atoms. The fraction of sp³-hybridized carbons (Fsp3) is 0.750. The summed E-state index contributed by atoms with van der Waals surface area (Å²) in [6, 6.07) is 0.519. The molecule has 0 bridgehead atoms. The Balaban J connectivity index is 1.83. The molecule has 4 heteroatoms. The molecule has 88 valence electrons. The predicted molar refractivity (Wildman–Crippen MR) is 64.4 cm³/mol. The summed E-state index contributed by atoms with van der Waals surface area (Å²) in [4.78, 5) is 2.42. The summed E-state index contributed by atoms with van der Waals surface area (Å²) < 4.78 is 2.09. The minimum absolute atomic E-state index is 0.519. The zero-order chi connectivity index (χ0) is 11.1. The molecule has 2 N–H and O–H groups in total. The van der Waals surface area contributed by atoms with Crippen LogP contribution in [0, 0.1) is 0 Å². The van der Waals surface area contributed by atoms with Crippen LogP contribution < -0.4 is 5.73 Å². The van der Waals surface area contributed by atoms with E-state index >= 15 is 0 Å². The molecule has 0 atom stereocenters. The van der Waals surface area contributed by atoms with E-state index in [1.165, 1.54) is 24.1 Å². The first-order valence-corrected chi connectivity index (χ1v) is 6.37. The largest absolute Gasteiger partial charge is 0.384 e. The van der Waals surface area contributed by atoms with Gasteiger partial charge in [0.2, 0.25) is 0 Å². The van der Waals surface area contributed by atoms with Crippen LogP contribution in [0.25, 0.3) is 0 Å². The van der Waals surface area contributed by atoms with Gasteiger partial charge in [0, 0.05) is 18.7 Å². The summed E-state index contributed by atoms with van der Waals surface area (Å²) in [6.45, 7) is 5.56. The number of hydrogen-bond donors (Lipinski definition) is 1. The summed E-state index contributed by atoms with van der Waals surface area (Å²) in [5.74, 6) is 0.940. The van der Waals surface area contributed by atoms with Gasteiger partial charge in [-0.15, -0.1) is 0 Å². The number of aryl methyl sites for hydroxylation is 1. The molecule has 4 nitrogen and oxygen atoms in total. The molecule has 1 aromatic rings. The van der Waals surface area contributed by atoms with Crippen LogP contribution in [0.3, 0.4) is 0 Å². The maximum atomic E-state index is 6.20. The molecule has 1 aliphatic heterocycles. The van der Waals surface area contributed by atoms with Crippen molar-refractivity contribution in [3.8, 4) is 0 Å². The number of aromatic nitrogens is 2. The Hall–Kier alpha value is -1.03. The summed E-state index contributed by atoms with van der Waals surface area (Å²) in [6.07, 6.45) is 4.80. The number of anilines is 1. The van der Waals surface area contributed by atoms with E-state index in [0.717, 1.165) is 38.3 Å². The first kappa shape index (κ1) is 10.1. The van der Waals surface area contributed by atoms with Crippen molar-refractivity contribution < 1.29 is 0 Å². The number of nitrogens with zero attached hydrogens (tertiary/aromatic N) is 3. The van der Waals surface area contributed by atoms with Gasteiger partial charge in [0.1, 0.15) is 5.82 Å². The lowest BCUT2D eigenvalue weighted by molar-refractivity contribution is 0.107. The Kier molecular flexibility index (Phi) is 2.39. The normalized spacial score (nSPS) is 21.8. The van der Waals surface area contributed by atoms with Gasteiger partial charge in [0.15, 0.2) is 0 Å². The second-order valence-electron chi connectivity index (χ2n) is 4.97. The molecular weight excluding hydrogens is 200 g/mol. The maximum Gasteiger partial charge on any atom is 0.125 e. The monoisotopic (exact) mass is 220 g/mol. The van der Waals surface area contributed by atoms with E-state index in [-0.39, 0.29) is 0 Å². The number of rotatable bonds is 2. The third kappa shape index (κ3) is 1.44. The van der Waals surface area contributed by atoms with Crippen LogP contribution in [0.15, 0.2) is 0 Å². The number of nitrogens with two attached hydrogens (primary N) is 1. The summed E-state index contributed by atoms with van der Waals surface area (Å²) in [5, 5.41) is 4.71. The SMILES string of the molecule is CCN1CC(n2nc3c(c2N)CCCC3)C1. The Labute approximate surface area is 96.4 Å². The van der Waals surface area contributed by atoms with Crippen molar-refractivity contribution in [3.63, 3.8) is 0 Å². The van der Waals surface area contributed by atoms with Gasteiger partial charge in [-0.25, -0.2) is 4.68 Å². The van der Waals surface area contributed by atoms with Gasteiger partial charge in [-0.2, -0.15) is 5.10 Å². The third-order valence-corrected chi connectivity index (χ3v) is 3.95. The lowest BCUT2D eigenvalue weighted by atomic mass is 9.97. The first-order chi connectivity index (χ1) is 7.79. The van der Waals surface area contributed by atoms with Crippen molar-refractivity contribution in [1.29, 1.82) is 0 Å². The van der Waals surface area contributed by atoms with Gasteiger partial charge in [-0.05, 0) is 32.2 Å². The zero-order valence-corrected chi connectivity index (χ0v) is 9.95. The van der Waals surface area contributed by atoms with E-state index in [1.807, 2.05) is 0 Å². The molecule has 0 saturated carbocycles. The van der Waals surface area contributed by atoms with Crippen LogP contribution in [-0.4, -0.2) is 34.3 Å². The molecular formula is C12H20N4. The van der Waals surface area contributed by atoms with Crippen LogP contribution in [0.5, 0.6) is 0 Å². The Morgan fingerprint density at radius 3 is 2.75 bits per heavy atom. The smallest absolute Gasteiger partial charge is 0.125 e. The van der Waals surface area contributed by atoms with Crippen molar-refractivity contribution in [2.45, 2.75) is 38.6 Å². The van der Waals surface area contributed by atoms with Gasteiger partial charge < -0.3 is 5.73 Å². The molecule has 1 fully saturated rings. The third-order valence-electron chi connectivity index (χ3n) is 3.95. The quantitative estimate of drug-likeness (QED) is 0.815. The highest BCUT2D eigenvalue weighted by atomic mass is 15.4. The van der Waals surface area contributed by atoms with Crippen LogP contribution in [0.4, 0.5) is 5.82 Å². The lowest BCUT2D eigenvalue weighted by Gasteiger charge is -2.38. The first-order valence-electron chi connectivity index (χ1n) is 6.37. The molecule has 1 aromatic heterocycles. The fourth-order valence-corrected chi connectivity index (χ4v) is 2.83. The number of hydrogen-bond acceptors (Lipinski definition) is 3. The molecule has 2 aliphatic rings. The highest BCUT2D eigenvalue weighted by Gasteiger charge is 2.31. The average molecular weight is 220 g/mol. The van der Waals surface area contributed by atoms with Gasteiger partial charge in [0.05, 0.1) is 11.7 Å². The molecule has 1 aliphatic carbocycles. The van der Waals surface area contributed by atoms with E-state index in [2.05, 4.69) is 16.5 Å². The van der Waals surface area contributed by atoms with Crippen LogP contribution in [-0.2, 0) is 12.8 Å². The molecule has 0 amide bonds. The molecule has 0 aromatic carbocycles. The van der Waals surface area contributed by atoms with Crippen LogP contribution in [0.2, 0.25) is 0 Å². The number of likely N-dealkylation sites (N-methyl/N-ethyl adjacent to an activating group) is 1. The van der Waals surface area contributed by atoms with Crippen molar-refractivity contribution in [2.75, 3.05) is 25.4 Å². The highest BCUT2D eigenvalue weighted by molar-refractivity contribution is 5.45. The van der Waals surface area contributed by atoms with Gasteiger partial charge in [-0.1, -0.05) is 6.92 Å². The molecule has 1 saturated heterocycles. The van der Waals surface area contributed by atoms with Crippen LogP contribution in [0.1, 0.15) is 37.1 Å². The Bertz CT molecular complexity index is 390. The summed E-state index contributed by atoms with van der Waals surface area (Å²) >= 11 is 0. The van der Waals surface area contributed by atoms with Crippen molar-refractivity contribution in [3.05, 3.63) is 11.3 Å². The van der Waals surface area contributed by atoms with Crippen molar-refractivity contribution >= 4 is 5.82 Å². The van der Waals surface area contributed by atoms with E-state index in [0.29, 0.717) is 6.04 Å². The minimum Gasteiger partial charge on any atom is -0.384 e. The number of fused-ring (bicyclic) bond motifs is 1. The second-order valence-corrected chi connectivity index (χ2v) is 4.97. The fourth-order valence-electron chi connectivity index (χ4n) is 2.83. The van der Waals surface area contributed by atoms with Crippen molar-refractivity contribution in [2.24, 2.45) is 0 Å². The van der Waals surface area contributed by atoms with Gasteiger partial charge >= 0.3 is 0 Å². The Morgan fingerprint density at radius 1 is 1.31 bits per heavy atom. The lowest BCUT2D eigenvalue weighted by Crippen LogP contribution is -2.47. The summed E-state index contributed by atoms with van der Waals surface area (Å²) in [7, 11) is 0. The molecule has 2 heterocycles. The van der Waals surface area contributed by atoms with E-state index in [4.69, 9.17) is 10.8 Å². The van der Waals surface area contributed by atoms with Crippen LogP contribution >= 0.6 is 0 Å². The van der Waals surface area contributed by atoms with E-state index < -0.39 is 0 Å². The van der Waals surface area contributed by atoms with E-state index in [9.17, 15) is 0 Å². The second kappa shape index (κ2) is 3.77. The average Bonchev–Trinajstić information content (AvgIpc) is 2.56. The number of likely N-dealkylation sites (tertiary alicyclic amines) is 1. The van der Waals surface area contributed by atoms with Crippen molar-refractivity contribution in [1.82, 2.24) is 14.7 Å². The Morgan fingerprint density at radius 2 is 2.06 bits per heavy atom. The topological polar surface area (TPSA) is 47.1 Å². The van der Waals surface area contributed by atoms with E-state index in [1.54, 1.807) is 0 Å². The molecule has 16 heavy (non-hydrogen) atoms. The summed E-state index contributed by atoms with van der Waals surface area (Å²) in [5.41, 5.74) is 8.80. The standard InChI is InChI=1S/C12H20N4/c1-2-15-7-9(8-15)16-12(13)10-5-3-4-6-11(10)14-16/h9H,2-8,13H2,1H3. The van der Waals surface area contributed by atoms with Gasteiger partial charge in [-0.3, -0.25) is 4.90 Å². The molecule has 3 rings (SSSR count). The molecule has 0 radical (unpaired) electrons.